The maximum absolute atomic E-state index is 12.1. The van der Waals surface area contributed by atoms with Gasteiger partial charge >= 0.3 is 0 Å². The molecule has 2 aliphatic heterocycles. The molecule has 2 aromatic heterocycles. The van der Waals surface area contributed by atoms with Crippen LogP contribution in [0.1, 0.15) is 19.6 Å². The molecule has 0 bridgehead atoms. The number of anilines is 1. The van der Waals surface area contributed by atoms with Crippen molar-refractivity contribution in [1.82, 2.24) is 19.5 Å². The summed E-state index contributed by atoms with van der Waals surface area (Å²) in [5, 5.41) is 30.4. The van der Waals surface area contributed by atoms with Crippen molar-refractivity contribution in [3.63, 3.8) is 0 Å². The topological polar surface area (TPSA) is 294 Å². The average Bonchev–Trinajstić information content (AvgIpc) is 3.31. The molecule has 2 aliphatic rings. The minimum atomic E-state index is -5.71. The van der Waals surface area contributed by atoms with Gasteiger partial charge in [0.1, 0.15) is 30.5 Å². The molecule has 2 fully saturated rings. The molecular formula is C16H21N5O14P2-2. The van der Waals surface area contributed by atoms with Crippen molar-refractivity contribution in [1.29, 1.82) is 0 Å². The molecule has 9 atom stereocenters. The standard InChI is InChI=1S/C16H23N5O14P2/c1-5-6(22)2-7(23)15(32-5)34-37(29,30)35-36(27,28)31-3-8-10(24)11(25)14(33-8)21-4-18-9-12(21)19-16(17)20-13(9)26/h4-5,7-8,10-11,14-15,23-25H,2-3H2,1H3,(H,27,28)(H,29,30)(H3,17,19,20,26)/p-2/t5-,7+,8-,10-,11-,14-,15-/m1/s1. The lowest BCUT2D eigenvalue weighted by atomic mass is 10.1. The number of phosphoric acid groups is 2. The largest absolute Gasteiger partial charge is 0.756 e. The van der Waals surface area contributed by atoms with Gasteiger partial charge in [0.15, 0.2) is 29.5 Å². The molecule has 2 saturated heterocycles. The number of Topliss-reactive ketones (excluding diaryl/α,β-unsaturated/α-hetero) is 1. The Morgan fingerprint density at radius 1 is 1.22 bits per heavy atom. The van der Waals surface area contributed by atoms with Gasteiger partial charge in [-0.25, -0.2) is 9.29 Å². The Labute approximate surface area is 205 Å². The number of nitrogens with two attached hydrogens (primary N) is 1. The maximum Gasteiger partial charge on any atom is 0.280 e. The number of phosphoric ester groups is 2. The Hall–Kier alpha value is -2.12. The van der Waals surface area contributed by atoms with Crippen molar-refractivity contribution in [3.8, 4) is 0 Å². The number of aliphatic hydroxyl groups excluding tert-OH is 3. The molecule has 0 spiro atoms. The summed E-state index contributed by atoms with van der Waals surface area (Å²) in [6, 6.07) is 0. The van der Waals surface area contributed by atoms with E-state index in [-0.39, 0.29) is 17.1 Å². The summed E-state index contributed by atoms with van der Waals surface area (Å²) < 4.78 is 48.3. The van der Waals surface area contributed by atoms with Gasteiger partial charge in [0.05, 0.1) is 12.9 Å². The van der Waals surface area contributed by atoms with Gasteiger partial charge in [-0.05, 0) is 6.92 Å². The monoisotopic (exact) mass is 569 g/mol. The lowest BCUT2D eigenvalue weighted by molar-refractivity contribution is -0.269. The number of nitrogens with zero attached hydrogens (tertiary/aromatic N) is 3. The maximum atomic E-state index is 12.1. The number of hydrogen-bond acceptors (Lipinski definition) is 17. The number of hydrogen-bond donors (Lipinski definition) is 5. The molecule has 0 aromatic carbocycles. The van der Waals surface area contributed by atoms with E-state index in [1.807, 2.05) is 0 Å². The molecule has 0 aliphatic carbocycles. The second kappa shape index (κ2) is 10.2. The van der Waals surface area contributed by atoms with Crippen LogP contribution in [0.15, 0.2) is 11.1 Å². The van der Waals surface area contributed by atoms with Crippen LogP contribution in [0.25, 0.3) is 11.2 Å². The van der Waals surface area contributed by atoms with Crippen molar-refractivity contribution in [2.75, 3.05) is 12.3 Å². The van der Waals surface area contributed by atoms with Crippen LogP contribution in [0.5, 0.6) is 0 Å². The van der Waals surface area contributed by atoms with E-state index in [1.165, 1.54) is 6.92 Å². The van der Waals surface area contributed by atoms with Crippen molar-refractivity contribution >= 4 is 38.5 Å². The van der Waals surface area contributed by atoms with Gasteiger partial charge in [-0.3, -0.25) is 32.8 Å². The first-order chi connectivity index (χ1) is 17.2. The van der Waals surface area contributed by atoms with E-state index < -0.39 is 83.1 Å². The van der Waals surface area contributed by atoms with Crippen molar-refractivity contribution in [2.45, 2.75) is 56.4 Å². The zero-order valence-corrected chi connectivity index (χ0v) is 20.5. The average molecular weight is 569 g/mol. The molecule has 2 unspecified atom stereocenters. The van der Waals surface area contributed by atoms with Gasteiger partial charge < -0.3 is 44.8 Å². The Morgan fingerprint density at radius 3 is 2.62 bits per heavy atom. The Kier molecular flexibility index (Phi) is 7.70. The lowest BCUT2D eigenvalue weighted by Gasteiger charge is -2.37. The summed E-state index contributed by atoms with van der Waals surface area (Å²) in [5.41, 5.74) is 4.56. The fourth-order valence-corrected chi connectivity index (χ4v) is 5.71. The van der Waals surface area contributed by atoms with Crippen LogP contribution < -0.4 is 21.1 Å². The van der Waals surface area contributed by atoms with Gasteiger partial charge in [-0.2, -0.15) is 4.98 Å². The number of rotatable bonds is 8. The van der Waals surface area contributed by atoms with E-state index in [0.29, 0.717) is 0 Å². The van der Waals surface area contributed by atoms with Crippen molar-refractivity contribution < 1.29 is 61.9 Å². The third kappa shape index (κ3) is 5.98. The van der Waals surface area contributed by atoms with Crippen LogP contribution in [0, 0.1) is 0 Å². The normalized spacial score (nSPS) is 33.9. The second-order valence-electron chi connectivity index (χ2n) is 8.08. The number of imidazole rings is 1. The van der Waals surface area contributed by atoms with E-state index >= 15 is 0 Å². The number of aliphatic hydroxyl groups is 3. The smallest absolute Gasteiger partial charge is 0.280 e. The minimum Gasteiger partial charge on any atom is -0.756 e. The fourth-order valence-electron chi connectivity index (χ4n) is 3.61. The predicted molar refractivity (Wildman–Crippen MR) is 112 cm³/mol. The molecule has 2 aromatic rings. The molecule has 206 valence electrons. The van der Waals surface area contributed by atoms with Crippen LogP contribution in [-0.2, 0) is 36.8 Å². The number of carbonyl (C=O) groups excluding carboxylic acids is 1. The first-order valence-corrected chi connectivity index (χ1v) is 13.4. The van der Waals surface area contributed by atoms with Crippen molar-refractivity contribution in [3.05, 3.63) is 16.7 Å². The van der Waals surface area contributed by atoms with Crippen LogP contribution in [0.2, 0.25) is 0 Å². The number of ether oxygens (including phenoxy) is 2. The quantitative estimate of drug-likeness (QED) is 0.192. The molecule has 21 heteroatoms. The molecule has 6 N–H and O–H groups in total. The Bertz CT molecular complexity index is 1330. The molecule has 4 rings (SSSR count). The lowest BCUT2D eigenvalue weighted by Crippen LogP contribution is -2.45. The van der Waals surface area contributed by atoms with Crippen LogP contribution in [0.3, 0.4) is 0 Å². The molecule has 19 nitrogen and oxygen atoms in total. The predicted octanol–water partition coefficient (Wildman–Crippen LogP) is -3.63. The number of ketones is 1. The van der Waals surface area contributed by atoms with Crippen LogP contribution in [0.4, 0.5) is 5.95 Å². The summed E-state index contributed by atoms with van der Waals surface area (Å²) >= 11 is 0. The summed E-state index contributed by atoms with van der Waals surface area (Å²) in [6.45, 7) is 0.249. The summed E-state index contributed by atoms with van der Waals surface area (Å²) in [7, 11) is -11.4. The Balaban J connectivity index is 1.39. The number of nitrogen functional groups attached to an aromatic ring is 1. The van der Waals surface area contributed by atoms with Gasteiger partial charge in [0, 0.05) is 6.42 Å². The van der Waals surface area contributed by atoms with Crippen LogP contribution in [-0.4, -0.2) is 84.0 Å². The molecule has 4 heterocycles. The van der Waals surface area contributed by atoms with Gasteiger partial charge in [0.2, 0.25) is 5.95 Å². The zero-order valence-electron chi connectivity index (χ0n) is 18.7. The molecule has 0 amide bonds. The first kappa shape index (κ1) is 27.9. The van der Waals surface area contributed by atoms with E-state index in [1.54, 1.807) is 0 Å². The number of aromatic nitrogens is 4. The van der Waals surface area contributed by atoms with Crippen LogP contribution >= 0.6 is 15.6 Å². The highest BCUT2D eigenvalue weighted by molar-refractivity contribution is 7.59. The highest BCUT2D eigenvalue weighted by atomic mass is 31.3. The van der Waals surface area contributed by atoms with Gasteiger partial charge in [-0.1, -0.05) is 0 Å². The van der Waals surface area contributed by atoms with E-state index in [2.05, 4.69) is 28.3 Å². The fraction of sp³-hybridized carbons (Fsp3) is 0.625. The molecule has 0 saturated carbocycles. The van der Waals surface area contributed by atoms with E-state index in [9.17, 15) is 43.8 Å². The number of carbonyl (C=O) groups is 1. The molecule has 0 radical (unpaired) electrons. The zero-order chi connectivity index (χ0) is 27.3. The van der Waals surface area contributed by atoms with E-state index in [4.69, 9.17) is 15.2 Å². The second-order valence-corrected chi connectivity index (χ2v) is 11.0. The third-order valence-electron chi connectivity index (χ3n) is 5.41. The minimum absolute atomic E-state index is 0.107. The third-order valence-corrected chi connectivity index (χ3v) is 7.94. The SMILES string of the molecule is C[C@H]1O[C@H](OP(=O)([O-])OP(=O)([O-])OC[C@H]2O[C@@H](n3cnc4c(=O)[nH]c(N)nc43)[C@H](O)[C@@H]2O)[C@@H](O)CC1=O. The Morgan fingerprint density at radius 2 is 1.92 bits per heavy atom. The van der Waals surface area contributed by atoms with E-state index in [0.717, 1.165) is 10.9 Å². The summed E-state index contributed by atoms with van der Waals surface area (Å²) in [6.07, 6.45) is -10.6. The molecule has 37 heavy (non-hydrogen) atoms. The van der Waals surface area contributed by atoms with Gasteiger partial charge in [0.25, 0.3) is 21.2 Å². The number of aromatic amines is 1. The highest BCUT2D eigenvalue weighted by Crippen LogP contribution is 2.57. The number of nitrogens with one attached hydrogen (secondary N) is 1. The molecular weight excluding hydrogens is 548 g/mol. The first-order valence-electron chi connectivity index (χ1n) is 10.4. The number of fused-ring (bicyclic) bond motifs is 1. The highest BCUT2D eigenvalue weighted by Gasteiger charge is 2.45. The summed E-state index contributed by atoms with van der Waals surface area (Å²) in [4.78, 5) is 57.5. The van der Waals surface area contributed by atoms with Crippen molar-refractivity contribution in [2.24, 2.45) is 0 Å². The van der Waals surface area contributed by atoms with Gasteiger partial charge in [-0.15, -0.1) is 0 Å². The summed E-state index contributed by atoms with van der Waals surface area (Å²) in [5.74, 6) is -0.801. The number of H-pyrrole nitrogens is 1.